The van der Waals surface area contributed by atoms with E-state index in [4.69, 9.17) is 4.74 Å². The molecule has 0 aromatic carbocycles. The van der Waals surface area contributed by atoms with E-state index in [1.165, 1.54) is 0 Å². The van der Waals surface area contributed by atoms with Crippen molar-refractivity contribution in [2.24, 2.45) is 5.92 Å². The molecule has 0 aromatic heterocycles. The maximum atomic E-state index is 12.0. The van der Waals surface area contributed by atoms with Gasteiger partial charge in [-0.15, -0.1) is 0 Å². The molecule has 5 heteroatoms. The van der Waals surface area contributed by atoms with Gasteiger partial charge in [0, 0.05) is 25.0 Å². The smallest absolute Gasteiger partial charge is 0.410 e. The van der Waals surface area contributed by atoms with Crippen LogP contribution in [-0.2, 0) is 9.53 Å². The number of likely N-dealkylation sites (tertiary alicyclic amines) is 1. The predicted octanol–water partition coefficient (Wildman–Crippen LogP) is 3.57. The van der Waals surface area contributed by atoms with E-state index in [2.05, 4.69) is 5.32 Å². The molecule has 2 amide bonds. The normalized spacial score (nSPS) is 17.8. The Kier molecular flexibility index (Phi) is 9.14. The Morgan fingerprint density at radius 2 is 1.77 bits per heavy atom. The maximum absolute atomic E-state index is 12.0. The lowest BCUT2D eigenvalue weighted by Gasteiger charge is -2.24. The van der Waals surface area contributed by atoms with Gasteiger partial charge in [0.25, 0.3) is 0 Å². The van der Waals surface area contributed by atoms with Crippen molar-refractivity contribution in [3.8, 4) is 0 Å². The molecule has 1 unspecified atom stereocenters. The van der Waals surface area contributed by atoms with Crippen LogP contribution in [0, 0.1) is 5.92 Å². The van der Waals surface area contributed by atoms with Crippen LogP contribution in [0.15, 0.2) is 0 Å². The third kappa shape index (κ3) is 7.14. The molecule has 0 aliphatic carbocycles. The van der Waals surface area contributed by atoms with Gasteiger partial charge in [0.05, 0.1) is 0 Å². The Morgan fingerprint density at radius 1 is 1.23 bits per heavy atom. The first-order valence-electron chi connectivity index (χ1n) is 8.55. The van der Waals surface area contributed by atoms with E-state index in [1.807, 2.05) is 48.5 Å². The van der Waals surface area contributed by atoms with Gasteiger partial charge < -0.3 is 15.0 Å². The highest BCUT2D eigenvalue weighted by Gasteiger charge is 2.31. The minimum Gasteiger partial charge on any atom is -0.444 e. The molecule has 1 N–H and O–H groups in total. The summed E-state index contributed by atoms with van der Waals surface area (Å²) < 4.78 is 5.34. The average molecular weight is 314 g/mol. The van der Waals surface area contributed by atoms with Crippen molar-refractivity contribution < 1.29 is 14.3 Å². The first-order valence-corrected chi connectivity index (χ1v) is 8.55. The first kappa shape index (κ1) is 20.7. The molecule has 1 saturated heterocycles. The summed E-state index contributed by atoms with van der Waals surface area (Å²) in [4.78, 5) is 25.6. The van der Waals surface area contributed by atoms with Crippen molar-refractivity contribution in [1.82, 2.24) is 10.2 Å². The van der Waals surface area contributed by atoms with E-state index >= 15 is 0 Å². The highest BCUT2D eigenvalue weighted by molar-refractivity contribution is 5.79. The Bertz CT molecular complexity index is 346. The molecule has 0 spiro atoms. The molecular formula is C17H34N2O3. The number of carbonyl (C=O) groups excluding carboxylic acids is 2. The van der Waals surface area contributed by atoms with Gasteiger partial charge in [0.1, 0.15) is 5.60 Å². The number of nitrogens with zero attached hydrogens (tertiary/aromatic N) is 1. The Labute approximate surface area is 135 Å². The van der Waals surface area contributed by atoms with Crippen molar-refractivity contribution in [2.75, 3.05) is 13.1 Å². The largest absolute Gasteiger partial charge is 0.444 e. The lowest BCUT2D eigenvalue weighted by molar-refractivity contribution is -0.125. The van der Waals surface area contributed by atoms with E-state index in [9.17, 15) is 9.59 Å². The lowest BCUT2D eigenvalue weighted by atomic mass is 10.0. The Morgan fingerprint density at radius 3 is 2.23 bits per heavy atom. The number of rotatable bonds is 4. The fourth-order valence-corrected chi connectivity index (χ4v) is 2.35. The van der Waals surface area contributed by atoms with Crippen molar-refractivity contribution >= 4 is 12.0 Å². The van der Waals surface area contributed by atoms with Crippen molar-refractivity contribution in [3.05, 3.63) is 0 Å². The van der Waals surface area contributed by atoms with Crippen LogP contribution in [0.2, 0.25) is 0 Å². The minimum atomic E-state index is -0.478. The number of ether oxygens (including phenoxy) is 1. The zero-order valence-electron chi connectivity index (χ0n) is 15.4. The molecule has 1 aliphatic rings. The second-order valence-electron chi connectivity index (χ2n) is 6.43. The molecule has 1 atom stereocenters. The van der Waals surface area contributed by atoms with Gasteiger partial charge in [-0.05, 0) is 40.0 Å². The zero-order valence-corrected chi connectivity index (χ0v) is 15.4. The fourth-order valence-electron chi connectivity index (χ4n) is 2.35. The first-order chi connectivity index (χ1) is 10.3. The zero-order chi connectivity index (χ0) is 17.3. The van der Waals surface area contributed by atoms with Crippen LogP contribution >= 0.6 is 0 Å². The standard InChI is InChI=1S/C15H28N2O3.C2H6/c1-6-11(7-2)13(18)16-12-8-9-17(10-12)14(19)20-15(3,4)5;1-2/h11-12H,6-10H2,1-5H3,(H,16,18);1-2H3. The number of nitrogens with one attached hydrogen (secondary N) is 1. The Hall–Kier alpha value is -1.26. The van der Waals surface area contributed by atoms with Crippen molar-refractivity contribution in [2.45, 2.75) is 79.4 Å². The monoisotopic (exact) mass is 314 g/mol. The van der Waals surface area contributed by atoms with Crippen LogP contribution in [0.1, 0.15) is 67.7 Å². The molecule has 0 saturated carbocycles. The summed E-state index contributed by atoms with van der Waals surface area (Å²) in [7, 11) is 0. The number of carbonyl (C=O) groups is 2. The number of hydrogen-bond donors (Lipinski definition) is 1. The van der Waals surface area contributed by atoms with Crippen LogP contribution < -0.4 is 5.32 Å². The van der Waals surface area contributed by atoms with Crippen LogP contribution in [0.5, 0.6) is 0 Å². The molecule has 0 radical (unpaired) electrons. The molecule has 0 bridgehead atoms. The van der Waals surface area contributed by atoms with Crippen LogP contribution in [0.25, 0.3) is 0 Å². The van der Waals surface area contributed by atoms with Crippen molar-refractivity contribution in [3.63, 3.8) is 0 Å². The summed E-state index contributed by atoms with van der Waals surface area (Å²) in [6, 6.07) is 0.0515. The number of hydrogen-bond acceptors (Lipinski definition) is 3. The summed E-state index contributed by atoms with van der Waals surface area (Å²) >= 11 is 0. The summed E-state index contributed by atoms with van der Waals surface area (Å²) in [5, 5.41) is 3.04. The van der Waals surface area contributed by atoms with Crippen LogP contribution in [0.3, 0.4) is 0 Å². The maximum Gasteiger partial charge on any atom is 0.410 e. The SMILES string of the molecule is CC.CCC(CC)C(=O)NC1CCN(C(=O)OC(C)(C)C)C1. The van der Waals surface area contributed by atoms with Gasteiger partial charge in [-0.25, -0.2) is 4.79 Å². The summed E-state index contributed by atoms with van der Waals surface area (Å²) in [6.45, 7) is 14.8. The molecule has 1 heterocycles. The third-order valence-electron chi connectivity index (χ3n) is 3.54. The second-order valence-corrected chi connectivity index (χ2v) is 6.43. The second kappa shape index (κ2) is 9.70. The van der Waals surface area contributed by atoms with E-state index in [0.717, 1.165) is 19.3 Å². The van der Waals surface area contributed by atoms with Gasteiger partial charge in [-0.1, -0.05) is 27.7 Å². The topological polar surface area (TPSA) is 58.6 Å². The quantitative estimate of drug-likeness (QED) is 0.863. The molecule has 0 aromatic rings. The molecule has 5 nitrogen and oxygen atoms in total. The highest BCUT2D eigenvalue weighted by Crippen LogP contribution is 2.16. The Balaban J connectivity index is 0.00000211. The lowest BCUT2D eigenvalue weighted by Crippen LogP contribution is -2.42. The molecular weight excluding hydrogens is 280 g/mol. The molecule has 22 heavy (non-hydrogen) atoms. The van der Waals surface area contributed by atoms with Gasteiger partial charge in [-0.3, -0.25) is 4.79 Å². The third-order valence-corrected chi connectivity index (χ3v) is 3.54. The van der Waals surface area contributed by atoms with E-state index in [-0.39, 0.29) is 24.0 Å². The number of amides is 2. The average Bonchev–Trinajstić information content (AvgIpc) is 2.89. The van der Waals surface area contributed by atoms with Gasteiger partial charge >= 0.3 is 6.09 Å². The minimum absolute atomic E-state index is 0.0515. The fraction of sp³-hybridized carbons (Fsp3) is 0.882. The summed E-state index contributed by atoms with van der Waals surface area (Å²) in [5.74, 6) is 0.177. The molecule has 1 fully saturated rings. The van der Waals surface area contributed by atoms with Crippen LogP contribution in [0.4, 0.5) is 4.79 Å². The summed E-state index contributed by atoms with van der Waals surface area (Å²) in [5.41, 5.74) is -0.478. The van der Waals surface area contributed by atoms with Gasteiger partial charge in [-0.2, -0.15) is 0 Å². The highest BCUT2D eigenvalue weighted by atomic mass is 16.6. The molecule has 1 aliphatic heterocycles. The molecule has 130 valence electrons. The van der Waals surface area contributed by atoms with E-state index in [0.29, 0.717) is 13.1 Å². The van der Waals surface area contributed by atoms with E-state index in [1.54, 1.807) is 4.90 Å². The van der Waals surface area contributed by atoms with Crippen LogP contribution in [-0.4, -0.2) is 41.6 Å². The van der Waals surface area contributed by atoms with Gasteiger partial charge in [0.15, 0.2) is 0 Å². The van der Waals surface area contributed by atoms with Gasteiger partial charge in [0.2, 0.25) is 5.91 Å². The summed E-state index contributed by atoms with van der Waals surface area (Å²) in [6.07, 6.45) is 2.21. The van der Waals surface area contributed by atoms with Crippen molar-refractivity contribution in [1.29, 1.82) is 0 Å². The molecule has 1 rings (SSSR count). The predicted molar refractivity (Wildman–Crippen MR) is 89.8 cm³/mol. The van der Waals surface area contributed by atoms with E-state index < -0.39 is 5.60 Å².